The molecule has 0 amide bonds. The molecule has 0 radical (unpaired) electrons. The SMILES string of the molecule is Cc1ccnc(N2CC(N3CCNCC3)C2)c1C#N. The van der Waals surface area contributed by atoms with Crippen LogP contribution < -0.4 is 10.2 Å². The Morgan fingerprint density at radius 2 is 2.11 bits per heavy atom. The van der Waals surface area contributed by atoms with Crippen molar-refractivity contribution in [2.45, 2.75) is 13.0 Å². The van der Waals surface area contributed by atoms with Gasteiger partial charge in [0, 0.05) is 51.5 Å². The van der Waals surface area contributed by atoms with E-state index >= 15 is 0 Å². The zero-order chi connectivity index (χ0) is 13.2. The van der Waals surface area contributed by atoms with E-state index in [0.717, 1.165) is 56.2 Å². The molecule has 3 heterocycles. The Balaban J connectivity index is 1.67. The van der Waals surface area contributed by atoms with E-state index in [1.165, 1.54) is 0 Å². The van der Waals surface area contributed by atoms with Crippen molar-refractivity contribution in [3.8, 4) is 6.07 Å². The van der Waals surface area contributed by atoms with Crippen molar-refractivity contribution in [2.75, 3.05) is 44.2 Å². The van der Waals surface area contributed by atoms with Crippen molar-refractivity contribution >= 4 is 5.82 Å². The molecule has 2 fully saturated rings. The average molecular weight is 257 g/mol. The van der Waals surface area contributed by atoms with Crippen LogP contribution in [-0.2, 0) is 0 Å². The number of nitriles is 1. The second-order valence-corrected chi connectivity index (χ2v) is 5.28. The molecular weight excluding hydrogens is 238 g/mol. The maximum Gasteiger partial charge on any atom is 0.146 e. The molecule has 3 rings (SSSR count). The molecule has 5 heteroatoms. The summed E-state index contributed by atoms with van der Waals surface area (Å²) in [4.78, 5) is 9.14. The Kier molecular flexibility index (Phi) is 3.36. The Morgan fingerprint density at radius 3 is 2.79 bits per heavy atom. The fourth-order valence-corrected chi connectivity index (χ4v) is 2.83. The predicted molar refractivity (Wildman–Crippen MR) is 74.1 cm³/mol. The molecule has 2 aliphatic rings. The molecule has 0 spiro atoms. The smallest absolute Gasteiger partial charge is 0.146 e. The second kappa shape index (κ2) is 5.16. The fourth-order valence-electron chi connectivity index (χ4n) is 2.83. The highest BCUT2D eigenvalue weighted by molar-refractivity contribution is 5.58. The number of aryl methyl sites for hydroxylation is 1. The van der Waals surface area contributed by atoms with Crippen LogP contribution in [-0.4, -0.2) is 55.2 Å². The van der Waals surface area contributed by atoms with E-state index in [0.29, 0.717) is 6.04 Å². The van der Waals surface area contributed by atoms with Gasteiger partial charge in [-0.3, -0.25) is 4.90 Å². The lowest BCUT2D eigenvalue weighted by Gasteiger charge is -2.47. The first-order valence-corrected chi connectivity index (χ1v) is 6.85. The molecule has 0 atom stereocenters. The number of nitrogens with zero attached hydrogens (tertiary/aromatic N) is 4. The number of hydrogen-bond acceptors (Lipinski definition) is 5. The summed E-state index contributed by atoms with van der Waals surface area (Å²) in [6.45, 7) is 8.38. The van der Waals surface area contributed by atoms with Gasteiger partial charge in [0.05, 0.1) is 5.56 Å². The minimum atomic E-state index is 0.621. The lowest BCUT2D eigenvalue weighted by Crippen LogP contribution is -2.63. The van der Waals surface area contributed by atoms with Gasteiger partial charge in [-0.05, 0) is 18.6 Å². The van der Waals surface area contributed by atoms with E-state index in [4.69, 9.17) is 0 Å². The lowest BCUT2D eigenvalue weighted by atomic mass is 10.0. The van der Waals surface area contributed by atoms with Gasteiger partial charge in [0.15, 0.2) is 0 Å². The van der Waals surface area contributed by atoms with Crippen LogP contribution in [0.2, 0.25) is 0 Å². The molecule has 100 valence electrons. The predicted octanol–water partition coefficient (Wildman–Crippen LogP) is 0.356. The third-order valence-corrected chi connectivity index (χ3v) is 4.08. The molecule has 1 N–H and O–H groups in total. The van der Waals surface area contributed by atoms with Crippen molar-refractivity contribution < 1.29 is 0 Å². The highest BCUT2D eigenvalue weighted by atomic mass is 15.3. The molecule has 0 aromatic carbocycles. The Labute approximate surface area is 113 Å². The number of rotatable bonds is 2. The van der Waals surface area contributed by atoms with E-state index in [-0.39, 0.29) is 0 Å². The number of pyridine rings is 1. The minimum Gasteiger partial charge on any atom is -0.352 e. The number of piperazine rings is 1. The van der Waals surface area contributed by atoms with Crippen LogP contribution in [0.15, 0.2) is 12.3 Å². The monoisotopic (exact) mass is 257 g/mol. The standard InChI is InChI=1S/C14H19N5/c1-11-2-3-17-14(13(11)8-15)19-9-12(10-19)18-6-4-16-5-7-18/h2-3,12,16H,4-7,9-10H2,1H3. The normalized spacial score (nSPS) is 20.9. The van der Waals surface area contributed by atoms with Crippen LogP contribution in [0.5, 0.6) is 0 Å². The number of nitrogens with one attached hydrogen (secondary N) is 1. The van der Waals surface area contributed by atoms with Crippen molar-refractivity contribution in [1.82, 2.24) is 15.2 Å². The Hall–Kier alpha value is -1.64. The molecule has 2 aliphatic heterocycles. The zero-order valence-electron chi connectivity index (χ0n) is 11.3. The van der Waals surface area contributed by atoms with Crippen LogP contribution in [0.1, 0.15) is 11.1 Å². The molecule has 0 bridgehead atoms. The first-order valence-electron chi connectivity index (χ1n) is 6.85. The first kappa shape index (κ1) is 12.4. The summed E-state index contributed by atoms with van der Waals surface area (Å²) >= 11 is 0. The summed E-state index contributed by atoms with van der Waals surface area (Å²) in [5.41, 5.74) is 1.74. The van der Waals surface area contributed by atoms with Gasteiger partial charge in [-0.2, -0.15) is 5.26 Å². The van der Waals surface area contributed by atoms with Gasteiger partial charge in [-0.25, -0.2) is 4.98 Å². The maximum atomic E-state index is 9.25. The Bertz CT molecular complexity index is 495. The highest BCUT2D eigenvalue weighted by Gasteiger charge is 2.34. The van der Waals surface area contributed by atoms with Gasteiger partial charge in [-0.1, -0.05) is 0 Å². The van der Waals surface area contributed by atoms with Crippen LogP contribution in [0.4, 0.5) is 5.82 Å². The molecule has 1 aromatic heterocycles. The molecule has 0 unspecified atom stereocenters. The van der Waals surface area contributed by atoms with Gasteiger partial charge in [-0.15, -0.1) is 0 Å². The van der Waals surface area contributed by atoms with E-state index in [9.17, 15) is 5.26 Å². The van der Waals surface area contributed by atoms with E-state index < -0.39 is 0 Å². The van der Waals surface area contributed by atoms with E-state index in [1.807, 2.05) is 13.0 Å². The highest BCUT2D eigenvalue weighted by Crippen LogP contribution is 2.26. The molecular formula is C14H19N5. The summed E-state index contributed by atoms with van der Waals surface area (Å²) < 4.78 is 0. The average Bonchev–Trinajstić information content (AvgIpc) is 2.38. The number of aromatic nitrogens is 1. The van der Waals surface area contributed by atoms with Gasteiger partial charge < -0.3 is 10.2 Å². The Morgan fingerprint density at radius 1 is 1.37 bits per heavy atom. The fraction of sp³-hybridized carbons (Fsp3) is 0.571. The second-order valence-electron chi connectivity index (χ2n) is 5.28. The van der Waals surface area contributed by atoms with Gasteiger partial charge in [0.25, 0.3) is 0 Å². The largest absolute Gasteiger partial charge is 0.352 e. The van der Waals surface area contributed by atoms with Crippen LogP contribution in [0, 0.1) is 18.3 Å². The summed E-state index contributed by atoms with van der Waals surface area (Å²) in [6, 6.07) is 4.80. The summed E-state index contributed by atoms with van der Waals surface area (Å²) in [7, 11) is 0. The van der Waals surface area contributed by atoms with Gasteiger partial charge in [0.1, 0.15) is 11.9 Å². The van der Waals surface area contributed by atoms with Crippen molar-refractivity contribution in [3.05, 3.63) is 23.4 Å². The topological polar surface area (TPSA) is 55.2 Å². The molecule has 2 saturated heterocycles. The molecule has 5 nitrogen and oxygen atoms in total. The van der Waals surface area contributed by atoms with Gasteiger partial charge >= 0.3 is 0 Å². The third-order valence-electron chi connectivity index (χ3n) is 4.08. The van der Waals surface area contributed by atoms with Crippen molar-refractivity contribution in [2.24, 2.45) is 0 Å². The quantitative estimate of drug-likeness (QED) is 0.829. The number of hydrogen-bond donors (Lipinski definition) is 1. The van der Waals surface area contributed by atoms with E-state index in [1.54, 1.807) is 6.20 Å². The van der Waals surface area contributed by atoms with E-state index in [2.05, 4.69) is 26.2 Å². The molecule has 0 saturated carbocycles. The van der Waals surface area contributed by atoms with Crippen LogP contribution >= 0.6 is 0 Å². The van der Waals surface area contributed by atoms with Crippen molar-refractivity contribution in [3.63, 3.8) is 0 Å². The molecule has 19 heavy (non-hydrogen) atoms. The van der Waals surface area contributed by atoms with Crippen LogP contribution in [0.25, 0.3) is 0 Å². The summed E-state index contributed by atoms with van der Waals surface area (Å²) in [5, 5.41) is 12.6. The third kappa shape index (κ3) is 2.29. The molecule has 1 aromatic rings. The summed E-state index contributed by atoms with van der Waals surface area (Å²) in [5.74, 6) is 0.855. The maximum absolute atomic E-state index is 9.25. The molecule has 0 aliphatic carbocycles. The number of anilines is 1. The van der Waals surface area contributed by atoms with Crippen molar-refractivity contribution in [1.29, 1.82) is 5.26 Å². The summed E-state index contributed by atoms with van der Waals surface area (Å²) in [6.07, 6.45) is 1.80. The lowest BCUT2D eigenvalue weighted by molar-refractivity contribution is 0.147. The van der Waals surface area contributed by atoms with Crippen LogP contribution in [0.3, 0.4) is 0 Å². The zero-order valence-corrected chi connectivity index (χ0v) is 11.3. The van der Waals surface area contributed by atoms with Gasteiger partial charge in [0.2, 0.25) is 0 Å². The minimum absolute atomic E-state index is 0.621. The first-order chi connectivity index (χ1) is 9.29.